The molecule has 18 heavy (non-hydrogen) atoms. The second kappa shape index (κ2) is 4.55. The van der Waals surface area contributed by atoms with Crippen LogP contribution in [0.2, 0.25) is 5.02 Å². The number of hydrogen-bond donors (Lipinski definition) is 0. The fraction of sp³-hybridized carbons (Fsp3) is 0.333. The molecule has 0 spiro atoms. The molecule has 0 amide bonds. The van der Waals surface area contributed by atoms with Crippen LogP contribution in [0.15, 0.2) is 16.6 Å². The van der Waals surface area contributed by atoms with Crippen LogP contribution in [0.25, 0.3) is 0 Å². The fourth-order valence-electron chi connectivity index (χ4n) is 1.93. The summed E-state index contributed by atoms with van der Waals surface area (Å²) in [4.78, 5) is 23.6. The molecule has 1 unspecified atom stereocenters. The number of esters is 2. The van der Waals surface area contributed by atoms with Crippen molar-refractivity contribution in [2.24, 2.45) is 0 Å². The van der Waals surface area contributed by atoms with E-state index in [-0.39, 0.29) is 6.42 Å². The minimum absolute atomic E-state index is 0.201. The average Bonchev–Trinajstić information content (AvgIpc) is 2.30. The molecule has 0 aromatic heterocycles. The van der Waals surface area contributed by atoms with Gasteiger partial charge in [0.05, 0.1) is 12.7 Å². The minimum Gasteiger partial charge on any atom is -0.466 e. The second-order valence-electron chi connectivity index (χ2n) is 4.20. The number of methoxy groups -OCH3 is 1. The number of halogens is 2. The Kier molecular flexibility index (Phi) is 3.38. The van der Waals surface area contributed by atoms with Crippen molar-refractivity contribution in [3.05, 3.63) is 32.8 Å². The molecule has 1 aromatic rings. The summed E-state index contributed by atoms with van der Waals surface area (Å²) in [5.41, 5.74) is -0.351. The zero-order chi connectivity index (χ0) is 13.5. The Balaban J connectivity index is 2.52. The number of ether oxygens (including phenoxy) is 2. The van der Waals surface area contributed by atoms with Gasteiger partial charge in [-0.15, -0.1) is 0 Å². The Morgan fingerprint density at radius 1 is 1.56 bits per heavy atom. The van der Waals surface area contributed by atoms with E-state index in [9.17, 15) is 9.59 Å². The van der Waals surface area contributed by atoms with E-state index in [1.807, 2.05) is 0 Å². The summed E-state index contributed by atoms with van der Waals surface area (Å²) in [7, 11) is 1.25. The molecule has 0 radical (unpaired) electrons. The molecule has 1 aromatic carbocycles. The molecular formula is C12H10BrClO4. The first-order chi connectivity index (χ1) is 8.37. The van der Waals surface area contributed by atoms with E-state index in [2.05, 4.69) is 20.7 Å². The lowest BCUT2D eigenvalue weighted by molar-refractivity contribution is -0.161. The van der Waals surface area contributed by atoms with Crippen LogP contribution in [0.3, 0.4) is 0 Å². The van der Waals surface area contributed by atoms with E-state index in [0.29, 0.717) is 20.6 Å². The number of benzene rings is 1. The Bertz CT molecular complexity index is 543. The Labute approximate surface area is 117 Å². The number of cyclic esters (lactones) is 1. The third-order valence-corrected chi connectivity index (χ3v) is 3.62. The minimum atomic E-state index is -1.32. The van der Waals surface area contributed by atoms with Gasteiger partial charge >= 0.3 is 11.9 Å². The molecule has 1 aliphatic rings. The van der Waals surface area contributed by atoms with Crippen molar-refractivity contribution in [1.82, 2.24) is 0 Å². The normalized spacial score (nSPS) is 22.1. The molecule has 6 heteroatoms. The van der Waals surface area contributed by atoms with Crippen molar-refractivity contribution in [2.75, 3.05) is 7.11 Å². The predicted octanol–water partition coefficient (Wildman–Crippen LogP) is 2.75. The second-order valence-corrected chi connectivity index (χ2v) is 5.53. The van der Waals surface area contributed by atoms with Crippen LogP contribution in [-0.4, -0.2) is 24.6 Å². The molecule has 1 aliphatic heterocycles. The molecule has 96 valence electrons. The largest absolute Gasteiger partial charge is 0.466 e. The van der Waals surface area contributed by atoms with E-state index in [4.69, 9.17) is 16.3 Å². The van der Waals surface area contributed by atoms with Gasteiger partial charge in [-0.05, 0) is 24.6 Å². The lowest BCUT2D eigenvalue weighted by Crippen LogP contribution is -2.46. The van der Waals surface area contributed by atoms with Crippen molar-refractivity contribution in [2.45, 2.75) is 18.9 Å². The van der Waals surface area contributed by atoms with Crippen molar-refractivity contribution in [3.63, 3.8) is 0 Å². The highest BCUT2D eigenvalue weighted by atomic mass is 79.9. The molecule has 0 saturated carbocycles. The van der Waals surface area contributed by atoms with Crippen LogP contribution < -0.4 is 0 Å². The molecule has 1 atom stereocenters. The molecule has 1 heterocycles. The van der Waals surface area contributed by atoms with Gasteiger partial charge in [0.25, 0.3) is 0 Å². The van der Waals surface area contributed by atoms with Crippen LogP contribution in [0.5, 0.6) is 0 Å². The van der Waals surface area contributed by atoms with Crippen molar-refractivity contribution in [1.29, 1.82) is 0 Å². The predicted molar refractivity (Wildman–Crippen MR) is 68.7 cm³/mol. The van der Waals surface area contributed by atoms with E-state index in [1.54, 1.807) is 12.1 Å². The summed E-state index contributed by atoms with van der Waals surface area (Å²) >= 11 is 9.35. The quantitative estimate of drug-likeness (QED) is 0.742. The van der Waals surface area contributed by atoms with Crippen LogP contribution in [0.1, 0.15) is 22.8 Å². The fourth-order valence-corrected chi connectivity index (χ4v) is 2.80. The monoisotopic (exact) mass is 332 g/mol. The summed E-state index contributed by atoms with van der Waals surface area (Å²) in [6.07, 6.45) is 0.201. The molecular weight excluding hydrogens is 323 g/mol. The third kappa shape index (κ3) is 2.12. The molecule has 0 saturated heterocycles. The van der Waals surface area contributed by atoms with E-state index < -0.39 is 17.5 Å². The van der Waals surface area contributed by atoms with Gasteiger partial charge in [-0.2, -0.15) is 0 Å². The Hall–Kier alpha value is -1.07. The SMILES string of the molecule is COC(=O)C1(C)Cc2c(Cl)cc(Br)cc2C(=O)O1. The number of carbonyl (C=O) groups is 2. The van der Waals surface area contributed by atoms with Crippen LogP contribution in [0.4, 0.5) is 0 Å². The molecule has 2 rings (SSSR count). The van der Waals surface area contributed by atoms with Crippen molar-refractivity contribution >= 4 is 39.5 Å². The topological polar surface area (TPSA) is 52.6 Å². The summed E-state index contributed by atoms with van der Waals surface area (Å²) in [5, 5.41) is 0.422. The maximum Gasteiger partial charge on any atom is 0.350 e. The lowest BCUT2D eigenvalue weighted by atomic mass is 9.90. The average molecular weight is 334 g/mol. The van der Waals surface area contributed by atoms with Crippen LogP contribution in [-0.2, 0) is 20.7 Å². The van der Waals surface area contributed by atoms with Gasteiger partial charge in [0.1, 0.15) is 0 Å². The summed E-state index contributed by atoms with van der Waals surface area (Å²) in [5.74, 6) is -1.17. The number of rotatable bonds is 1. The van der Waals surface area contributed by atoms with Gasteiger partial charge in [-0.25, -0.2) is 9.59 Å². The molecule has 0 aliphatic carbocycles. The van der Waals surface area contributed by atoms with Gasteiger partial charge in [-0.3, -0.25) is 0 Å². The number of fused-ring (bicyclic) bond motifs is 1. The standard InChI is InChI=1S/C12H10BrClO4/c1-12(11(16)17-2)5-8-7(10(15)18-12)3-6(13)4-9(8)14/h3-4H,5H2,1-2H3. The van der Waals surface area contributed by atoms with Gasteiger partial charge < -0.3 is 9.47 Å². The molecule has 0 fully saturated rings. The van der Waals surface area contributed by atoms with Gasteiger partial charge in [0, 0.05) is 15.9 Å². The van der Waals surface area contributed by atoms with E-state index in [1.165, 1.54) is 14.0 Å². The third-order valence-electron chi connectivity index (χ3n) is 2.83. The van der Waals surface area contributed by atoms with Crippen LogP contribution >= 0.6 is 27.5 Å². The molecule has 0 bridgehead atoms. The summed E-state index contributed by atoms with van der Waals surface area (Å²) in [6, 6.07) is 3.30. The molecule has 4 nitrogen and oxygen atoms in total. The first kappa shape index (κ1) is 13.4. The van der Waals surface area contributed by atoms with Crippen LogP contribution in [0, 0.1) is 0 Å². The summed E-state index contributed by atoms with van der Waals surface area (Å²) in [6.45, 7) is 1.51. The Morgan fingerprint density at radius 3 is 2.83 bits per heavy atom. The molecule has 0 N–H and O–H groups in total. The zero-order valence-electron chi connectivity index (χ0n) is 9.75. The van der Waals surface area contributed by atoms with Crippen molar-refractivity contribution < 1.29 is 19.1 Å². The zero-order valence-corrected chi connectivity index (χ0v) is 12.1. The highest BCUT2D eigenvalue weighted by molar-refractivity contribution is 9.10. The maximum absolute atomic E-state index is 11.9. The van der Waals surface area contributed by atoms with Gasteiger partial charge in [0.15, 0.2) is 0 Å². The highest BCUT2D eigenvalue weighted by Gasteiger charge is 2.44. The van der Waals surface area contributed by atoms with Gasteiger partial charge in [0.2, 0.25) is 5.60 Å². The number of hydrogen-bond acceptors (Lipinski definition) is 4. The number of carbonyl (C=O) groups excluding carboxylic acids is 2. The van der Waals surface area contributed by atoms with Gasteiger partial charge in [-0.1, -0.05) is 27.5 Å². The smallest absolute Gasteiger partial charge is 0.350 e. The highest BCUT2D eigenvalue weighted by Crippen LogP contribution is 2.35. The van der Waals surface area contributed by atoms with E-state index >= 15 is 0 Å². The summed E-state index contributed by atoms with van der Waals surface area (Å²) < 4.78 is 10.5. The first-order valence-corrected chi connectivity index (χ1v) is 6.34. The van der Waals surface area contributed by atoms with E-state index in [0.717, 1.165) is 0 Å². The Morgan fingerprint density at radius 2 is 2.22 bits per heavy atom. The first-order valence-electron chi connectivity index (χ1n) is 5.17. The van der Waals surface area contributed by atoms with Crippen molar-refractivity contribution in [3.8, 4) is 0 Å². The maximum atomic E-state index is 11.9. The lowest BCUT2D eigenvalue weighted by Gasteiger charge is -2.32.